The van der Waals surface area contributed by atoms with Crippen LogP contribution in [0.15, 0.2) is 4.47 Å². The molecule has 13 heavy (non-hydrogen) atoms. The van der Waals surface area contributed by atoms with E-state index < -0.39 is 12.8 Å². The van der Waals surface area contributed by atoms with Crippen molar-refractivity contribution in [3.63, 3.8) is 0 Å². The molecule has 74 valence electrons. The third kappa shape index (κ3) is 2.28. The summed E-state index contributed by atoms with van der Waals surface area (Å²) in [5.41, 5.74) is 1.76. The van der Waals surface area contributed by atoms with E-state index in [1.165, 1.54) is 0 Å². The van der Waals surface area contributed by atoms with Crippen LogP contribution in [0.5, 0.6) is 0 Å². The number of aromatic nitrogens is 2. The van der Waals surface area contributed by atoms with Gasteiger partial charge in [0, 0.05) is 5.69 Å². The number of hydrogen-bond acceptors (Lipinski definition) is 2. The molecule has 0 saturated carbocycles. The molecular weight excluding hydrogens is 239 g/mol. The summed E-state index contributed by atoms with van der Waals surface area (Å²) in [5, 5.41) is 13.2. The number of aliphatic hydroxyl groups is 1. The van der Waals surface area contributed by atoms with Crippen LogP contribution in [-0.2, 0) is 6.54 Å². The lowest BCUT2D eigenvalue weighted by atomic mass is 10.3. The van der Waals surface area contributed by atoms with Crippen LogP contribution in [0.4, 0.5) is 4.39 Å². The third-order valence-electron chi connectivity index (χ3n) is 1.85. The molecule has 1 unspecified atom stereocenters. The normalized spacial score (nSPS) is 13.3. The van der Waals surface area contributed by atoms with E-state index in [1.807, 2.05) is 13.8 Å². The van der Waals surface area contributed by atoms with E-state index in [1.54, 1.807) is 4.68 Å². The second kappa shape index (κ2) is 4.19. The Morgan fingerprint density at radius 1 is 1.62 bits per heavy atom. The molecule has 1 aromatic heterocycles. The smallest absolute Gasteiger partial charge is 0.117 e. The molecule has 5 heteroatoms. The first-order chi connectivity index (χ1) is 6.06. The van der Waals surface area contributed by atoms with E-state index >= 15 is 0 Å². The van der Waals surface area contributed by atoms with Crippen LogP contribution in [0.1, 0.15) is 11.4 Å². The summed E-state index contributed by atoms with van der Waals surface area (Å²) in [6, 6.07) is 0. The first kappa shape index (κ1) is 10.7. The Balaban J connectivity index is 2.83. The topological polar surface area (TPSA) is 38.0 Å². The summed E-state index contributed by atoms with van der Waals surface area (Å²) in [7, 11) is 0. The molecule has 0 bridgehead atoms. The Morgan fingerprint density at radius 2 is 2.23 bits per heavy atom. The van der Waals surface area contributed by atoms with Gasteiger partial charge >= 0.3 is 0 Å². The van der Waals surface area contributed by atoms with Crippen LogP contribution in [0.2, 0.25) is 0 Å². The molecule has 0 aliphatic carbocycles. The Bertz CT molecular complexity index is 301. The lowest BCUT2D eigenvalue weighted by molar-refractivity contribution is 0.117. The van der Waals surface area contributed by atoms with E-state index in [0.29, 0.717) is 0 Å². The first-order valence-corrected chi connectivity index (χ1v) is 4.79. The molecular formula is C8H12BrFN2O. The maximum atomic E-state index is 12.0. The number of halogens is 2. The summed E-state index contributed by atoms with van der Waals surface area (Å²) in [6.45, 7) is 3.19. The predicted molar refractivity (Wildman–Crippen MR) is 51.4 cm³/mol. The van der Waals surface area contributed by atoms with Gasteiger partial charge in [0.05, 0.1) is 16.7 Å². The highest BCUT2D eigenvalue weighted by atomic mass is 79.9. The number of aryl methyl sites for hydroxylation is 1. The molecule has 0 fully saturated rings. The fourth-order valence-electron chi connectivity index (χ4n) is 1.10. The van der Waals surface area contributed by atoms with E-state index in [2.05, 4.69) is 21.0 Å². The van der Waals surface area contributed by atoms with E-state index in [9.17, 15) is 4.39 Å². The van der Waals surface area contributed by atoms with Crippen LogP contribution in [0.3, 0.4) is 0 Å². The molecule has 1 atom stereocenters. The van der Waals surface area contributed by atoms with Gasteiger partial charge in [-0.1, -0.05) is 0 Å². The summed E-state index contributed by atoms with van der Waals surface area (Å²) >= 11 is 3.35. The van der Waals surface area contributed by atoms with Crippen LogP contribution in [-0.4, -0.2) is 27.7 Å². The molecule has 0 saturated heterocycles. The molecule has 0 aliphatic heterocycles. The van der Waals surface area contributed by atoms with E-state index in [4.69, 9.17) is 5.11 Å². The SMILES string of the molecule is Cc1nn(CC(O)CF)c(C)c1Br. The zero-order valence-corrected chi connectivity index (χ0v) is 9.18. The molecule has 0 aliphatic rings. The quantitative estimate of drug-likeness (QED) is 0.885. The minimum atomic E-state index is -0.968. The maximum absolute atomic E-state index is 12.0. The van der Waals surface area contributed by atoms with Crippen LogP contribution >= 0.6 is 15.9 Å². The van der Waals surface area contributed by atoms with Crippen molar-refractivity contribution in [1.29, 1.82) is 0 Å². The summed E-state index contributed by atoms with van der Waals surface area (Å²) in [5.74, 6) is 0. The van der Waals surface area contributed by atoms with Gasteiger partial charge in [0.1, 0.15) is 12.8 Å². The Morgan fingerprint density at radius 3 is 2.62 bits per heavy atom. The molecule has 1 rings (SSSR count). The molecule has 3 nitrogen and oxygen atoms in total. The van der Waals surface area contributed by atoms with Crippen molar-refractivity contribution in [1.82, 2.24) is 9.78 Å². The fraction of sp³-hybridized carbons (Fsp3) is 0.625. The van der Waals surface area contributed by atoms with Gasteiger partial charge in [-0.15, -0.1) is 0 Å². The molecule has 0 spiro atoms. The standard InChI is InChI=1S/C8H12BrFN2O/c1-5-8(9)6(2)12(11-5)4-7(13)3-10/h7,13H,3-4H2,1-2H3. The summed E-state index contributed by atoms with van der Waals surface area (Å²) in [4.78, 5) is 0. The molecule has 0 aromatic carbocycles. The number of rotatable bonds is 3. The molecule has 0 amide bonds. The first-order valence-electron chi connectivity index (χ1n) is 3.99. The predicted octanol–water partition coefficient (Wildman–Crippen LogP) is 1.59. The monoisotopic (exact) mass is 250 g/mol. The lowest BCUT2D eigenvalue weighted by Crippen LogP contribution is -2.19. The minimum absolute atomic E-state index is 0.203. The number of alkyl halides is 1. The van der Waals surface area contributed by atoms with Crippen molar-refractivity contribution in [2.75, 3.05) is 6.67 Å². The molecule has 0 radical (unpaired) electrons. The highest BCUT2D eigenvalue weighted by Crippen LogP contribution is 2.19. The van der Waals surface area contributed by atoms with Crippen molar-refractivity contribution in [3.05, 3.63) is 15.9 Å². The third-order valence-corrected chi connectivity index (χ3v) is 3.00. The molecule has 1 aromatic rings. The fourth-order valence-corrected chi connectivity index (χ4v) is 1.39. The van der Waals surface area contributed by atoms with Gasteiger partial charge in [-0.2, -0.15) is 5.10 Å². The van der Waals surface area contributed by atoms with Crippen molar-refractivity contribution in [2.45, 2.75) is 26.5 Å². The van der Waals surface area contributed by atoms with Crippen molar-refractivity contribution < 1.29 is 9.50 Å². The van der Waals surface area contributed by atoms with Crippen LogP contribution in [0.25, 0.3) is 0 Å². The Hall–Kier alpha value is -0.420. The highest BCUT2D eigenvalue weighted by Gasteiger charge is 2.11. The number of aliphatic hydroxyl groups excluding tert-OH is 1. The van der Waals surface area contributed by atoms with Gasteiger partial charge < -0.3 is 5.11 Å². The Kier molecular flexibility index (Phi) is 3.44. The van der Waals surface area contributed by atoms with Gasteiger partial charge in [-0.3, -0.25) is 4.68 Å². The molecule has 1 N–H and O–H groups in total. The van der Waals surface area contributed by atoms with E-state index in [-0.39, 0.29) is 6.54 Å². The summed E-state index contributed by atoms with van der Waals surface area (Å²) in [6.07, 6.45) is -0.968. The maximum Gasteiger partial charge on any atom is 0.117 e. The second-order valence-corrected chi connectivity index (χ2v) is 3.77. The zero-order chi connectivity index (χ0) is 10.0. The second-order valence-electron chi connectivity index (χ2n) is 2.98. The number of hydrogen-bond donors (Lipinski definition) is 1. The summed E-state index contributed by atoms with van der Waals surface area (Å²) < 4.78 is 14.5. The van der Waals surface area contributed by atoms with Gasteiger partial charge in [0.25, 0.3) is 0 Å². The Labute approximate surface area is 84.7 Å². The van der Waals surface area contributed by atoms with Crippen LogP contribution in [0, 0.1) is 13.8 Å². The van der Waals surface area contributed by atoms with Gasteiger partial charge in [-0.25, -0.2) is 4.39 Å². The van der Waals surface area contributed by atoms with Crippen LogP contribution < -0.4 is 0 Å². The van der Waals surface area contributed by atoms with Crippen molar-refractivity contribution in [2.24, 2.45) is 0 Å². The lowest BCUT2D eigenvalue weighted by Gasteiger charge is -2.07. The average Bonchev–Trinajstić information content (AvgIpc) is 2.34. The van der Waals surface area contributed by atoms with Gasteiger partial charge in [-0.05, 0) is 29.8 Å². The van der Waals surface area contributed by atoms with Crippen molar-refractivity contribution in [3.8, 4) is 0 Å². The van der Waals surface area contributed by atoms with Gasteiger partial charge in [0.2, 0.25) is 0 Å². The minimum Gasteiger partial charge on any atom is -0.388 e. The van der Waals surface area contributed by atoms with E-state index in [0.717, 1.165) is 15.9 Å². The number of nitrogens with zero attached hydrogens (tertiary/aromatic N) is 2. The zero-order valence-electron chi connectivity index (χ0n) is 7.59. The molecule has 1 heterocycles. The average molecular weight is 251 g/mol. The van der Waals surface area contributed by atoms with Gasteiger partial charge in [0.15, 0.2) is 0 Å². The highest BCUT2D eigenvalue weighted by molar-refractivity contribution is 9.10. The largest absolute Gasteiger partial charge is 0.388 e. The van der Waals surface area contributed by atoms with Crippen molar-refractivity contribution >= 4 is 15.9 Å².